The number of anilines is 1. The van der Waals surface area contributed by atoms with Gasteiger partial charge in [0.15, 0.2) is 0 Å². The second kappa shape index (κ2) is 7.24. The highest BCUT2D eigenvalue weighted by atomic mass is 79.9. The predicted molar refractivity (Wildman–Crippen MR) is 89.5 cm³/mol. The van der Waals surface area contributed by atoms with Crippen molar-refractivity contribution in [3.05, 3.63) is 27.1 Å². The molecular weight excluding hydrogens is 408 g/mol. The third-order valence-corrected chi connectivity index (χ3v) is 5.55. The molecule has 0 heterocycles. The van der Waals surface area contributed by atoms with Crippen LogP contribution in [0.25, 0.3) is 0 Å². The normalized spacial score (nSPS) is 15.3. The van der Waals surface area contributed by atoms with Gasteiger partial charge in [-0.2, -0.15) is 0 Å². The third-order valence-electron chi connectivity index (χ3n) is 3.05. The molecule has 7 heteroatoms. The van der Waals surface area contributed by atoms with Crippen LogP contribution < -0.4 is 10.0 Å². The first-order chi connectivity index (χ1) is 9.46. The molecule has 1 aliphatic rings. The summed E-state index contributed by atoms with van der Waals surface area (Å²) in [5.74, 6) is 0.155. The summed E-state index contributed by atoms with van der Waals surface area (Å²) in [6.07, 6.45) is 4.08. The quantitative estimate of drug-likeness (QED) is 0.626. The zero-order valence-electron chi connectivity index (χ0n) is 11.0. The molecule has 0 atom stereocenters. The Morgan fingerprint density at radius 3 is 2.60 bits per heavy atom. The van der Waals surface area contributed by atoms with Crippen molar-refractivity contribution in [2.75, 3.05) is 17.0 Å². The summed E-state index contributed by atoms with van der Waals surface area (Å²) in [6.45, 7) is 0.905. The van der Waals surface area contributed by atoms with E-state index in [9.17, 15) is 8.42 Å². The predicted octanol–water partition coefficient (Wildman–Crippen LogP) is 3.49. The SMILES string of the molecule is O=S(=O)(CCCCNC1CC1)Nc1ccc(Br)cc1Br. The maximum absolute atomic E-state index is 12.0. The van der Waals surface area contributed by atoms with Crippen molar-refractivity contribution in [1.29, 1.82) is 0 Å². The number of hydrogen-bond acceptors (Lipinski definition) is 3. The Morgan fingerprint density at radius 2 is 1.95 bits per heavy atom. The molecule has 2 rings (SSSR count). The Balaban J connectivity index is 1.77. The van der Waals surface area contributed by atoms with Crippen molar-refractivity contribution in [3.63, 3.8) is 0 Å². The summed E-state index contributed by atoms with van der Waals surface area (Å²) in [7, 11) is -3.28. The molecule has 20 heavy (non-hydrogen) atoms. The minimum Gasteiger partial charge on any atom is -0.314 e. The molecule has 0 bridgehead atoms. The summed E-state index contributed by atoms with van der Waals surface area (Å²) in [5, 5.41) is 3.38. The van der Waals surface area contributed by atoms with Crippen LogP contribution in [0.4, 0.5) is 5.69 Å². The molecule has 0 aromatic heterocycles. The molecule has 0 saturated heterocycles. The standard InChI is InChI=1S/C13H18Br2N2O2S/c14-10-3-6-13(12(15)9-10)17-20(18,19)8-2-1-7-16-11-4-5-11/h3,6,9,11,16-17H,1-2,4-5,7-8H2. The fourth-order valence-corrected chi connectivity index (χ4v) is 4.28. The molecule has 1 fully saturated rings. The number of unbranched alkanes of at least 4 members (excludes halogenated alkanes) is 1. The van der Waals surface area contributed by atoms with Crippen LogP contribution in [0.5, 0.6) is 0 Å². The van der Waals surface area contributed by atoms with Crippen LogP contribution in [0.2, 0.25) is 0 Å². The highest BCUT2D eigenvalue weighted by Gasteiger charge is 2.19. The molecule has 0 amide bonds. The number of rotatable bonds is 8. The molecule has 1 aromatic carbocycles. The van der Waals surface area contributed by atoms with Crippen molar-refractivity contribution in [2.45, 2.75) is 31.7 Å². The van der Waals surface area contributed by atoms with Gasteiger partial charge in [0.05, 0.1) is 11.4 Å². The molecule has 1 saturated carbocycles. The third kappa shape index (κ3) is 5.71. The van der Waals surface area contributed by atoms with Crippen LogP contribution in [-0.4, -0.2) is 26.8 Å². The van der Waals surface area contributed by atoms with Crippen LogP contribution in [0.3, 0.4) is 0 Å². The largest absolute Gasteiger partial charge is 0.314 e. The zero-order chi connectivity index (χ0) is 14.6. The number of nitrogens with one attached hydrogen (secondary N) is 2. The van der Waals surface area contributed by atoms with Gasteiger partial charge in [0.25, 0.3) is 0 Å². The molecule has 0 spiro atoms. The molecule has 4 nitrogen and oxygen atoms in total. The average molecular weight is 426 g/mol. The van der Waals surface area contributed by atoms with Gasteiger partial charge in [-0.05, 0) is 66.4 Å². The molecule has 2 N–H and O–H groups in total. The van der Waals surface area contributed by atoms with E-state index >= 15 is 0 Å². The summed E-state index contributed by atoms with van der Waals surface area (Å²) in [4.78, 5) is 0. The minimum atomic E-state index is -3.28. The highest BCUT2D eigenvalue weighted by Crippen LogP contribution is 2.27. The van der Waals surface area contributed by atoms with E-state index in [4.69, 9.17) is 0 Å². The van der Waals surface area contributed by atoms with E-state index in [1.165, 1.54) is 12.8 Å². The monoisotopic (exact) mass is 424 g/mol. The molecule has 1 aliphatic carbocycles. The van der Waals surface area contributed by atoms with Gasteiger partial charge in [0.1, 0.15) is 0 Å². The summed E-state index contributed by atoms with van der Waals surface area (Å²) in [5.41, 5.74) is 0.573. The number of hydrogen-bond donors (Lipinski definition) is 2. The second-order valence-electron chi connectivity index (χ2n) is 4.98. The van der Waals surface area contributed by atoms with Gasteiger partial charge in [0.2, 0.25) is 10.0 Å². The first-order valence-electron chi connectivity index (χ1n) is 6.65. The van der Waals surface area contributed by atoms with Crippen molar-refractivity contribution in [3.8, 4) is 0 Å². The van der Waals surface area contributed by atoms with E-state index in [-0.39, 0.29) is 5.75 Å². The first kappa shape index (κ1) is 16.3. The lowest BCUT2D eigenvalue weighted by Gasteiger charge is -2.10. The van der Waals surface area contributed by atoms with Crippen LogP contribution in [-0.2, 0) is 10.0 Å². The lowest BCUT2D eigenvalue weighted by atomic mass is 10.3. The van der Waals surface area contributed by atoms with E-state index in [2.05, 4.69) is 41.9 Å². The van der Waals surface area contributed by atoms with Crippen LogP contribution >= 0.6 is 31.9 Å². The minimum absolute atomic E-state index is 0.155. The summed E-state index contributed by atoms with van der Waals surface area (Å²) >= 11 is 6.69. The zero-order valence-corrected chi connectivity index (χ0v) is 15.0. The Labute approximate surface area is 137 Å². The molecule has 0 unspecified atom stereocenters. The van der Waals surface area contributed by atoms with Crippen molar-refractivity contribution in [2.24, 2.45) is 0 Å². The smallest absolute Gasteiger partial charge is 0.232 e. The van der Waals surface area contributed by atoms with E-state index in [0.29, 0.717) is 18.2 Å². The molecular formula is C13H18Br2N2O2S. The van der Waals surface area contributed by atoms with Gasteiger partial charge >= 0.3 is 0 Å². The van der Waals surface area contributed by atoms with Crippen molar-refractivity contribution < 1.29 is 8.42 Å². The maximum Gasteiger partial charge on any atom is 0.232 e. The Bertz CT molecular complexity index is 559. The number of sulfonamides is 1. The molecule has 1 aromatic rings. The van der Waals surface area contributed by atoms with Crippen LogP contribution in [0, 0.1) is 0 Å². The molecule has 0 radical (unpaired) electrons. The number of halogens is 2. The Morgan fingerprint density at radius 1 is 1.20 bits per heavy atom. The lowest BCUT2D eigenvalue weighted by molar-refractivity contribution is 0.591. The number of benzene rings is 1. The van der Waals surface area contributed by atoms with Crippen LogP contribution in [0.1, 0.15) is 25.7 Å². The summed E-state index contributed by atoms with van der Waals surface area (Å²) < 4.78 is 28.2. The topological polar surface area (TPSA) is 58.2 Å². The van der Waals surface area contributed by atoms with E-state index in [1.807, 2.05) is 12.1 Å². The lowest BCUT2D eigenvalue weighted by Crippen LogP contribution is -2.20. The highest BCUT2D eigenvalue weighted by molar-refractivity contribution is 9.11. The molecule has 0 aliphatic heterocycles. The van der Waals surface area contributed by atoms with E-state index in [1.54, 1.807) is 6.07 Å². The van der Waals surface area contributed by atoms with Gasteiger partial charge in [-0.3, -0.25) is 4.72 Å². The molecule has 112 valence electrons. The Hall–Kier alpha value is -0.110. The van der Waals surface area contributed by atoms with Crippen LogP contribution in [0.15, 0.2) is 27.1 Å². The van der Waals surface area contributed by atoms with E-state index < -0.39 is 10.0 Å². The van der Waals surface area contributed by atoms with Gasteiger partial charge in [-0.1, -0.05) is 15.9 Å². The van der Waals surface area contributed by atoms with Crippen molar-refractivity contribution in [1.82, 2.24) is 5.32 Å². The average Bonchev–Trinajstić information content (AvgIpc) is 3.16. The van der Waals surface area contributed by atoms with Gasteiger partial charge in [-0.25, -0.2) is 8.42 Å². The fraction of sp³-hybridized carbons (Fsp3) is 0.538. The van der Waals surface area contributed by atoms with E-state index in [0.717, 1.165) is 21.9 Å². The van der Waals surface area contributed by atoms with Gasteiger partial charge in [0, 0.05) is 15.0 Å². The van der Waals surface area contributed by atoms with Gasteiger partial charge < -0.3 is 5.32 Å². The second-order valence-corrected chi connectivity index (χ2v) is 8.59. The fourth-order valence-electron chi connectivity index (χ4n) is 1.80. The summed E-state index contributed by atoms with van der Waals surface area (Å²) in [6, 6.07) is 6.04. The first-order valence-corrected chi connectivity index (χ1v) is 9.89. The van der Waals surface area contributed by atoms with Gasteiger partial charge in [-0.15, -0.1) is 0 Å². The Kier molecular flexibility index (Phi) is 5.89. The maximum atomic E-state index is 12.0. The van der Waals surface area contributed by atoms with Crippen molar-refractivity contribution >= 4 is 47.6 Å².